The van der Waals surface area contributed by atoms with Crippen LogP contribution < -0.4 is 5.32 Å². The van der Waals surface area contributed by atoms with E-state index in [1.165, 1.54) is 0 Å². The number of halogens is 3. The second-order valence-electron chi connectivity index (χ2n) is 6.62. The summed E-state index contributed by atoms with van der Waals surface area (Å²) in [5, 5.41) is 13.1. The van der Waals surface area contributed by atoms with Crippen molar-refractivity contribution in [1.29, 1.82) is 0 Å². The number of carbonyl (C=O) groups is 1. The predicted octanol–water partition coefficient (Wildman–Crippen LogP) is 3.31. The van der Waals surface area contributed by atoms with Gasteiger partial charge in [0.25, 0.3) is 0 Å². The summed E-state index contributed by atoms with van der Waals surface area (Å²) < 4.78 is 37.7. The molecule has 2 fully saturated rings. The minimum Gasteiger partial charge on any atom is -0.389 e. The first-order valence-corrected chi connectivity index (χ1v) is 7.87. The van der Waals surface area contributed by atoms with Gasteiger partial charge in [0.2, 0.25) is 5.91 Å². The maximum atomic E-state index is 12.6. The monoisotopic (exact) mass is 307 g/mol. The van der Waals surface area contributed by atoms with Crippen LogP contribution in [0.2, 0.25) is 0 Å². The Morgan fingerprint density at radius 1 is 1.10 bits per heavy atom. The van der Waals surface area contributed by atoms with Crippen LogP contribution in [0.15, 0.2) is 0 Å². The summed E-state index contributed by atoms with van der Waals surface area (Å²) in [5.74, 6) is -1.46. The third kappa shape index (κ3) is 4.87. The van der Waals surface area contributed by atoms with E-state index in [4.69, 9.17) is 0 Å². The van der Waals surface area contributed by atoms with Crippen LogP contribution in [0.5, 0.6) is 0 Å². The van der Waals surface area contributed by atoms with Crippen molar-refractivity contribution < 1.29 is 23.1 Å². The SMILES string of the molecule is O=C(CC1(O)CCCCC1)NC1CCC(C(F)(F)F)CC1. The quantitative estimate of drug-likeness (QED) is 0.840. The fourth-order valence-electron chi connectivity index (χ4n) is 3.53. The average Bonchev–Trinajstić information content (AvgIpc) is 2.38. The van der Waals surface area contributed by atoms with Crippen LogP contribution in [0.3, 0.4) is 0 Å². The maximum absolute atomic E-state index is 12.6. The van der Waals surface area contributed by atoms with E-state index in [-0.39, 0.29) is 31.2 Å². The zero-order valence-corrected chi connectivity index (χ0v) is 12.2. The molecular weight excluding hydrogens is 283 g/mol. The normalized spacial score (nSPS) is 29.9. The summed E-state index contributed by atoms with van der Waals surface area (Å²) >= 11 is 0. The molecule has 0 unspecified atom stereocenters. The zero-order valence-electron chi connectivity index (χ0n) is 12.2. The Labute approximate surface area is 123 Å². The molecule has 0 aromatic rings. The van der Waals surface area contributed by atoms with Crippen molar-refractivity contribution in [2.24, 2.45) is 5.92 Å². The Morgan fingerprint density at radius 3 is 2.19 bits per heavy atom. The van der Waals surface area contributed by atoms with Gasteiger partial charge >= 0.3 is 6.18 Å². The van der Waals surface area contributed by atoms with Gasteiger partial charge in [-0.15, -0.1) is 0 Å². The molecule has 1 amide bonds. The molecule has 0 saturated heterocycles. The van der Waals surface area contributed by atoms with Gasteiger partial charge in [-0.2, -0.15) is 13.2 Å². The van der Waals surface area contributed by atoms with Crippen molar-refractivity contribution in [2.45, 2.75) is 82.0 Å². The molecule has 0 heterocycles. The van der Waals surface area contributed by atoms with Crippen molar-refractivity contribution in [2.75, 3.05) is 0 Å². The summed E-state index contributed by atoms with van der Waals surface area (Å²) in [5.41, 5.74) is -0.911. The molecule has 0 aliphatic heterocycles. The zero-order chi connectivity index (χ0) is 15.5. The minimum absolute atomic E-state index is 0.0756. The Hall–Kier alpha value is -0.780. The molecule has 0 radical (unpaired) electrons. The Balaban J connectivity index is 1.74. The lowest BCUT2D eigenvalue weighted by Crippen LogP contribution is -2.44. The number of nitrogens with one attached hydrogen (secondary N) is 1. The largest absolute Gasteiger partial charge is 0.391 e. The molecule has 0 aromatic carbocycles. The van der Waals surface area contributed by atoms with Crippen LogP contribution in [-0.2, 0) is 4.79 Å². The van der Waals surface area contributed by atoms with E-state index >= 15 is 0 Å². The highest BCUT2D eigenvalue weighted by molar-refractivity contribution is 5.77. The molecule has 0 aromatic heterocycles. The third-order valence-corrected chi connectivity index (χ3v) is 4.83. The van der Waals surface area contributed by atoms with Crippen molar-refractivity contribution in [3.63, 3.8) is 0 Å². The lowest BCUT2D eigenvalue weighted by atomic mass is 9.82. The third-order valence-electron chi connectivity index (χ3n) is 4.83. The molecule has 0 bridgehead atoms. The van der Waals surface area contributed by atoms with E-state index < -0.39 is 17.7 Å². The highest BCUT2D eigenvalue weighted by Gasteiger charge is 2.41. The molecule has 21 heavy (non-hydrogen) atoms. The van der Waals surface area contributed by atoms with Crippen LogP contribution in [0.4, 0.5) is 13.2 Å². The first-order valence-electron chi connectivity index (χ1n) is 7.87. The average molecular weight is 307 g/mol. The van der Waals surface area contributed by atoms with Gasteiger partial charge in [0, 0.05) is 6.04 Å². The first-order chi connectivity index (χ1) is 9.78. The van der Waals surface area contributed by atoms with E-state index in [1.807, 2.05) is 0 Å². The number of hydrogen-bond acceptors (Lipinski definition) is 2. The van der Waals surface area contributed by atoms with E-state index in [0.717, 1.165) is 19.3 Å². The van der Waals surface area contributed by atoms with Crippen LogP contribution >= 0.6 is 0 Å². The van der Waals surface area contributed by atoms with E-state index in [0.29, 0.717) is 25.7 Å². The second-order valence-corrected chi connectivity index (χ2v) is 6.62. The maximum Gasteiger partial charge on any atom is 0.391 e. The molecule has 2 N–H and O–H groups in total. The van der Waals surface area contributed by atoms with E-state index in [2.05, 4.69) is 5.32 Å². The molecule has 2 rings (SSSR count). The van der Waals surface area contributed by atoms with Crippen LogP contribution in [0, 0.1) is 5.92 Å². The molecular formula is C15H24F3NO2. The van der Waals surface area contributed by atoms with Gasteiger partial charge in [0.05, 0.1) is 17.9 Å². The Morgan fingerprint density at radius 2 is 1.67 bits per heavy atom. The van der Waals surface area contributed by atoms with Crippen molar-refractivity contribution in [1.82, 2.24) is 5.32 Å². The summed E-state index contributed by atoms with van der Waals surface area (Å²) in [6.45, 7) is 0. The molecule has 0 spiro atoms. The van der Waals surface area contributed by atoms with Gasteiger partial charge in [-0.3, -0.25) is 4.79 Å². The molecule has 122 valence electrons. The number of alkyl halides is 3. The van der Waals surface area contributed by atoms with Crippen molar-refractivity contribution in [3.05, 3.63) is 0 Å². The molecule has 2 aliphatic rings. The van der Waals surface area contributed by atoms with Gasteiger partial charge in [0.15, 0.2) is 0 Å². The number of hydrogen-bond donors (Lipinski definition) is 2. The second kappa shape index (κ2) is 6.55. The van der Waals surface area contributed by atoms with Crippen LogP contribution in [0.25, 0.3) is 0 Å². The number of carbonyl (C=O) groups excluding carboxylic acids is 1. The van der Waals surface area contributed by atoms with Crippen LogP contribution in [0.1, 0.15) is 64.2 Å². The Bertz CT molecular complexity index is 356. The minimum atomic E-state index is -4.12. The Kier molecular flexibility index (Phi) is 5.17. The predicted molar refractivity (Wildman–Crippen MR) is 72.6 cm³/mol. The first kappa shape index (κ1) is 16.6. The number of aliphatic hydroxyl groups is 1. The van der Waals surface area contributed by atoms with E-state index in [1.54, 1.807) is 0 Å². The van der Waals surface area contributed by atoms with Gasteiger partial charge < -0.3 is 10.4 Å². The topological polar surface area (TPSA) is 49.3 Å². The fraction of sp³-hybridized carbons (Fsp3) is 0.933. The highest BCUT2D eigenvalue weighted by atomic mass is 19.4. The fourth-order valence-corrected chi connectivity index (χ4v) is 3.53. The smallest absolute Gasteiger partial charge is 0.389 e. The van der Waals surface area contributed by atoms with E-state index in [9.17, 15) is 23.1 Å². The van der Waals surface area contributed by atoms with Gasteiger partial charge in [-0.1, -0.05) is 19.3 Å². The molecule has 2 aliphatic carbocycles. The molecule has 0 atom stereocenters. The summed E-state index contributed by atoms with van der Waals surface area (Å²) in [4.78, 5) is 12.0. The number of rotatable bonds is 3. The molecule has 2 saturated carbocycles. The summed E-state index contributed by atoms with van der Waals surface area (Å²) in [7, 11) is 0. The van der Waals surface area contributed by atoms with Crippen molar-refractivity contribution >= 4 is 5.91 Å². The van der Waals surface area contributed by atoms with Gasteiger partial charge in [-0.05, 0) is 38.5 Å². The van der Waals surface area contributed by atoms with Gasteiger partial charge in [-0.25, -0.2) is 0 Å². The summed E-state index contributed by atoms with van der Waals surface area (Å²) in [6.07, 6.45) is 1.09. The van der Waals surface area contributed by atoms with Crippen molar-refractivity contribution in [3.8, 4) is 0 Å². The highest BCUT2D eigenvalue weighted by Crippen LogP contribution is 2.37. The number of amides is 1. The standard InChI is InChI=1S/C15H24F3NO2/c16-15(17,18)11-4-6-12(7-5-11)19-13(20)10-14(21)8-2-1-3-9-14/h11-12,21H,1-10H2,(H,19,20). The van der Waals surface area contributed by atoms with Crippen LogP contribution in [-0.4, -0.2) is 28.8 Å². The lowest BCUT2D eigenvalue weighted by Gasteiger charge is -2.33. The summed E-state index contributed by atoms with van der Waals surface area (Å²) in [6, 6.07) is -0.178. The molecule has 3 nitrogen and oxygen atoms in total. The van der Waals surface area contributed by atoms with Gasteiger partial charge in [0.1, 0.15) is 0 Å². The lowest BCUT2D eigenvalue weighted by molar-refractivity contribution is -0.182. The molecule has 6 heteroatoms.